The molecule has 0 bridgehead atoms. The third kappa shape index (κ3) is 2.81. The summed E-state index contributed by atoms with van der Waals surface area (Å²) in [6.45, 7) is 1.07. The van der Waals surface area contributed by atoms with Gasteiger partial charge in [-0.05, 0) is 30.3 Å². The number of anilines is 1. The van der Waals surface area contributed by atoms with Crippen LogP contribution in [0.1, 0.15) is 0 Å². The molecule has 3 aromatic rings. The van der Waals surface area contributed by atoms with Crippen molar-refractivity contribution in [2.24, 2.45) is 5.73 Å². The molecular formula is C16H15ClN4O. The van der Waals surface area contributed by atoms with Gasteiger partial charge < -0.3 is 16.2 Å². The molecule has 0 atom stereocenters. The summed E-state index contributed by atoms with van der Waals surface area (Å²) in [6.07, 6.45) is 0. The summed E-state index contributed by atoms with van der Waals surface area (Å²) in [7, 11) is 0. The first-order valence-corrected chi connectivity index (χ1v) is 7.26. The minimum absolute atomic E-state index is 0.139. The van der Waals surface area contributed by atoms with Gasteiger partial charge in [0.15, 0.2) is 5.82 Å². The maximum absolute atomic E-state index is 10.0. The molecule has 4 N–H and O–H groups in total. The van der Waals surface area contributed by atoms with Gasteiger partial charge in [0, 0.05) is 23.5 Å². The van der Waals surface area contributed by atoms with E-state index in [9.17, 15) is 5.11 Å². The van der Waals surface area contributed by atoms with E-state index in [2.05, 4.69) is 15.3 Å². The number of hydrogen-bond acceptors (Lipinski definition) is 5. The van der Waals surface area contributed by atoms with Gasteiger partial charge in [0.05, 0.1) is 11.1 Å². The number of benzene rings is 2. The highest BCUT2D eigenvalue weighted by molar-refractivity contribution is 6.31. The van der Waals surface area contributed by atoms with Crippen LogP contribution in [0, 0.1) is 0 Å². The number of aromatic nitrogens is 2. The van der Waals surface area contributed by atoms with Crippen LogP contribution in [0.15, 0.2) is 42.5 Å². The fraction of sp³-hybridized carbons (Fsp3) is 0.125. The zero-order valence-electron chi connectivity index (χ0n) is 11.8. The van der Waals surface area contributed by atoms with Crippen molar-refractivity contribution < 1.29 is 5.11 Å². The third-order valence-corrected chi connectivity index (χ3v) is 3.47. The molecule has 112 valence electrons. The van der Waals surface area contributed by atoms with E-state index >= 15 is 0 Å². The summed E-state index contributed by atoms with van der Waals surface area (Å²) in [5, 5.41) is 14.6. The number of para-hydroxylation sites is 1. The Kier molecular flexibility index (Phi) is 4.09. The topological polar surface area (TPSA) is 84.1 Å². The average Bonchev–Trinajstić information content (AvgIpc) is 2.53. The molecule has 3 rings (SSSR count). The molecule has 1 aromatic heterocycles. The smallest absolute Gasteiger partial charge is 0.165 e. The summed E-state index contributed by atoms with van der Waals surface area (Å²) in [5.74, 6) is 1.24. The number of rotatable bonds is 4. The Morgan fingerprint density at radius 3 is 2.73 bits per heavy atom. The zero-order valence-corrected chi connectivity index (χ0v) is 12.5. The molecule has 5 nitrogen and oxygen atoms in total. The van der Waals surface area contributed by atoms with Gasteiger partial charge in [-0.15, -0.1) is 0 Å². The van der Waals surface area contributed by atoms with E-state index in [1.165, 1.54) is 0 Å². The molecule has 6 heteroatoms. The van der Waals surface area contributed by atoms with E-state index in [1.807, 2.05) is 18.2 Å². The molecule has 0 fully saturated rings. The molecule has 0 aliphatic carbocycles. The van der Waals surface area contributed by atoms with Crippen molar-refractivity contribution in [2.75, 3.05) is 18.4 Å². The minimum atomic E-state index is 0.139. The van der Waals surface area contributed by atoms with Crippen molar-refractivity contribution in [3.8, 4) is 17.1 Å². The number of aromatic hydroxyl groups is 1. The van der Waals surface area contributed by atoms with Crippen LogP contribution in [0.3, 0.4) is 0 Å². The molecule has 0 unspecified atom stereocenters. The molecule has 0 saturated carbocycles. The van der Waals surface area contributed by atoms with Gasteiger partial charge in [0.25, 0.3) is 0 Å². The number of halogens is 1. The fourth-order valence-corrected chi connectivity index (χ4v) is 2.38. The van der Waals surface area contributed by atoms with E-state index in [4.69, 9.17) is 17.3 Å². The number of phenols is 1. The highest BCUT2D eigenvalue weighted by Crippen LogP contribution is 2.30. The zero-order chi connectivity index (χ0) is 15.5. The van der Waals surface area contributed by atoms with Gasteiger partial charge in [-0.2, -0.15) is 0 Å². The Morgan fingerprint density at radius 1 is 1.14 bits per heavy atom. The van der Waals surface area contributed by atoms with Gasteiger partial charge in [-0.1, -0.05) is 23.7 Å². The Morgan fingerprint density at radius 2 is 1.95 bits per heavy atom. The van der Waals surface area contributed by atoms with E-state index in [-0.39, 0.29) is 5.75 Å². The predicted molar refractivity (Wildman–Crippen MR) is 89.2 cm³/mol. The van der Waals surface area contributed by atoms with Crippen LogP contribution in [0.4, 0.5) is 5.82 Å². The second kappa shape index (κ2) is 6.17. The summed E-state index contributed by atoms with van der Waals surface area (Å²) >= 11 is 6.06. The molecule has 2 aromatic carbocycles. The van der Waals surface area contributed by atoms with Crippen LogP contribution < -0.4 is 11.1 Å². The van der Waals surface area contributed by atoms with Crippen LogP contribution in [-0.4, -0.2) is 28.2 Å². The van der Waals surface area contributed by atoms with Crippen LogP contribution in [0.2, 0.25) is 5.02 Å². The van der Waals surface area contributed by atoms with Gasteiger partial charge in [-0.25, -0.2) is 9.97 Å². The summed E-state index contributed by atoms with van der Waals surface area (Å²) in [5.41, 5.74) is 6.88. The summed E-state index contributed by atoms with van der Waals surface area (Å²) < 4.78 is 0. The molecule has 0 aliphatic heterocycles. The quantitative estimate of drug-likeness (QED) is 0.689. The molecule has 0 aliphatic rings. The number of hydrogen-bond donors (Lipinski definition) is 3. The summed E-state index contributed by atoms with van der Waals surface area (Å²) in [6, 6.07) is 12.4. The van der Waals surface area contributed by atoms with Gasteiger partial charge in [0.1, 0.15) is 11.6 Å². The lowest BCUT2D eigenvalue weighted by atomic mass is 10.1. The molecule has 0 saturated heterocycles. The first-order valence-electron chi connectivity index (χ1n) is 6.88. The fourth-order valence-electron chi connectivity index (χ4n) is 2.21. The number of nitrogens with zero attached hydrogens (tertiary/aromatic N) is 2. The Hall–Kier alpha value is -2.37. The monoisotopic (exact) mass is 314 g/mol. The Balaban J connectivity index is 2.20. The molecule has 22 heavy (non-hydrogen) atoms. The Bertz CT molecular complexity index is 822. The van der Waals surface area contributed by atoms with Gasteiger partial charge in [-0.3, -0.25) is 0 Å². The van der Waals surface area contributed by atoms with E-state index in [1.54, 1.807) is 24.3 Å². The van der Waals surface area contributed by atoms with Crippen LogP contribution in [0.5, 0.6) is 5.75 Å². The SMILES string of the molecule is NCCNc1nc(-c2ccccc2O)nc2ccc(Cl)cc12. The van der Waals surface area contributed by atoms with E-state index < -0.39 is 0 Å². The van der Waals surface area contributed by atoms with E-state index in [0.717, 1.165) is 10.9 Å². The first-order chi connectivity index (χ1) is 10.7. The minimum Gasteiger partial charge on any atom is -0.507 e. The standard InChI is InChI=1S/C16H15ClN4O/c17-10-5-6-13-12(9-10)15(19-8-7-18)21-16(20-13)11-3-1-2-4-14(11)22/h1-6,9,22H,7-8,18H2,(H,19,20,21). The normalized spacial score (nSPS) is 10.8. The lowest BCUT2D eigenvalue weighted by Gasteiger charge is -2.11. The second-order valence-corrected chi connectivity index (χ2v) is 5.23. The van der Waals surface area contributed by atoms with Crippen molar-refractivity contribution in [1.29, 1.82) is 0 Å². The van der Waals surface area contributed by atoms with Gasteiger partial charge >= 0.3 is 0 Å². The van der Waals surface area contributed by atoms with Crippen molar-refractivity contribution in [3.63, 3.8) is 0 Å². The third-order valence-electron chi connectivity index (χ3n) is 3.24. The lowest BCUT2D eigenvalue weighted by molar-refractivity contribution is 0.477. The van der Waals surface area contributed by atoms with Crippen LogP contribution in [0.25, 0.3) is 22.3 Å². The molecular weight excluding hydrogens is 300 g/mol. The molecule has 0 amide bonds. The van der Waals surface area contributed by atoms with E-state index in [0.29, 0.717) is 35.3 Å². The maximum Gasteiger partial charge on any atom is 0.165 e. The largest absolute Gasteiger partial charge is 0.507 e. The van der Waals surface area contributed by atoms with Crippen molar-refractivity contribution in [2.45, 2.75) is 0 Å². The second-order valence-electron chi connectivity index (χ2n) is 4.79. The predicted octanol–water partition coefficient (Wildman–Crippen LogP) is 3.03. The number of phenolic OH excluding ortho intramolecular Hbond substituents is 1. The molecule has 0 spiro atoms. The van der Waals surface area contributed by atoms with Gasteiger partial charge in [0.2, 0.25) is 0 Å². The van der Waals surface area contributed by atoms with Crippen LogP contribution >= 0.6 is 11.6 Å². The highest BCUT2D eigenvalue weighted by Gasteiger charge is 2.12. The summed E-state index contributed by atoms with van der Waals surface area (Å²) in [4.78, 5) is 9.03. The lowest BCUT2D eigenvalue weighted by Crippen LogP contribution is -2.14. The number of fused-ring (bicyclic) bond motifs is 1. The van der Waals surface area contributed by atoms with Crippen LogP contribution in [-0.2, 0) is 0 Å². The first kappa shape index (κ1) is 14.6. The van der Waals surface area contributed by atoms with Crippen molar-refractivity contribution in [1.82, 2.24) is 9.97 Å². The number of nitrogens with two attached hydrogens (primary N) is 1. The molecule has 1 heterocycles. The number of nitrogens with one attached hydrogen (secondary N) is 1. The Labute approximate surface area is 132 Å². The molecule has 0 radical (unpaired) electrons. The highest BCUT2D eigenvalue weighted by atomic mass is 35.5. The average molecular weight is 315 g/mol. The van der Waals surface area contributed by atoms with Crippen molar-refractivity contribution >= 4 is 28.3 Å². The van der Waals surface area contributed by atoms with Crippen molar-refractivity contribution in [3.05, 3.63) is 47.5 Å². The maximum atomic E-state index is 10.0.